The molecule has 0 aromatic heterocycles. The highest BCUT2D eigenvalue weighted by Gasteiger charge is 2.50. The molecule has 0 saturated carbocycles. The largest absolute Gasteiger partial charge is 0.457 e. The summed E-state index contributed by atoms with van der Waals surface area (Å²) in [5, 5.41) is 0. The Morgan fingerprint density at radius 2 is 0.706 bits per heavy atom. The van der Waals surface area contributed by atoms with Crippen LogP contribution in [-0.4, -0.2) is 6.71 Å². The van der Waals surface area contributed by atoms with E-state index in [1.54, 1.807) is 0 Å². The van der Waals surface area contributed by atoms with Gasteiger partial charge in [0, 0.05) is 51.3 Å². The van der Waals surface area contributed by atoms with Gasteiger partial charge in [-0.15, -0.1) is 0 Å². The molecule has 0 amide bonds. The molecule has 0 radical (unpaired) electrons. The van der Waals surface area contributed by atoms with Gasteiger partial charge in [0.2, 0.25) is 0 Å². The highest BCUT2D eigenvalue weighted by Crippen LogP contribution is 2.58. The molecule has 12 aromatic rings. The smallest absolute Gasteiger partial charge is 0.252 e. The van der Waals surface area contributed by atoms with E-state index >= 15 is 0 Å². The summed E-state index contributed by atoms with van der Waals surface area (Å²) in [5.41, 5.74) is 25.8. The summed E-state index contributed by atoms with van der Waals surface area (Å²) in [6.45, 7) is 13.9. The van der Waals surface area contributed by atoms with Gasteiger partial charge in [0.1, 0.15) is 11.5 Å². The minimum Gasteiger partial charge on any atom is -0.457 e. The highest BCUT2D eigenvalue weighted by atomic mass is 16.5. The van der Waals surface area contributed by atoms with Gasteiger partial charge in [0.15, 0.2) is 0 Å². The molecular weight excluding hydrogens is 1030 g/mol. The molecule has 0 atom stereocenters. The minimum atomic E-state index is -0.748. The van der Waals surface area contributed by atoms with Crippen molar-refractivity contribution in [3.8, 4) is 56.0 Å². The van der Waals surface area contributed by atoms with Crippen LogP contribution in [0.25, 0.3) is 44.5 Å². The standard InChI is InChI=1S/C81H65BN2O/c1-79(2,3)64-41-42-72-70(49-64)82-71-52-69-77(85-76-40-26-25-39-68(76)81(69,62-35-21-11-22-36-62)63-37-23-12-24-38-63)53-73(71)84(67-47-60(56-31-17-9-18-32-56)44-61(48-67)57-33-19-10-20-34-57)75-51-65(80(4,5)6)50-74(78(75)82)83(72)66-45-58(54-27-13-7-14-28-54)43-59(46-66)55-29-15-8-16-30-55/h7-53H,1-6H3. The Morgan fingerprint density at radius 1 is 0.306 bits per heavy atom. The number of rotatable bonds is 8. The Morgan fingerprint density at radius 3 is 1.15 bits per heavy atom. The molecule has 12 aromatic carbocycles. The fraction of sp³-hybridized carbons (Fsp3) is 0.111. The molecule has 0 saturated heterocycles. The molecule has 3 aliphatic heterocycles. The number of nitrogens with zero attached hydrogens (tertiary/aromatic N) is 2. The van der Waals surface area contributed by atoms with Crippen LogP contribution in [-0.2, 0) is 16.2 Å². The van der Waals surface area contributed by atoms with Crippen LogP contribution in [0.15, 0.2) is 285 Å². The quantitative estimate of drug-likeness (QED) is 0.141. The van der Waals surface area contributed by atoms with Crippen molar-refractivity contribution in [1.29, 1.82) is 0 Å². The van der Waals surface area contributed by atoms with Gasteiger partial charge in [0.05, 0.1) is 5.41 Å². The lowest BCUT2D eigenvalue weighted by molar-refractivity contribution is 0.435. The lowest BCUT2D eigenvalue weighted by Crippen LogP contribution is -2.62. The maximum Gasteiger partial charge on any atom is 0.252 e. The molecule has 0 spiro atoms. The molecule has 4 heteroatoms. The number of fused-ring (bicyclic) bond motifs is 6. The zero-order valence-corrected chi connectivity index (χ0v) is 49.0. The molecule has 3 aliphatic rings. The van der Waals surface area contributed by atoms with E-state index < -0.39 is 5.41 Å². The van der Waals surface area contributed by atoms with E-state index in [0.29, 0.717) is 0 Å². The normalized spacial score (nSPS) is 13.6. The number of para-hydroxylation sites is 1. The van der Waals surface area contributed by atoms with Crippen molar-refractivity contribution in [1.82, 2.24) is 0 Å². The summed E-state index contributed by atoms with van der Waals surface area (Å²) >= 11 is 0. The predicted molar refractivity (Wildman–Crippen MR) is 358 cm³/mol. The molecule has 0 fully saturated rings. The summed E-state index contributed by atoms with van der Waals surface area (Å²) in [7, 11) is 0. The Bertz CT molecular complexity index is 4360. The van der Waals surface area contributed by atoms with E-state index in [-0.39, 0.29) is 17.5 Å². The molecular formula is C81H65BN2O. The van der Waals surface area contributed by atoms with Gasteiger partial charge >= 0.3 is 0 Å². The molecule has 0 bridgehead atoms. The van der Waals surface area contributed by atoms with Gasteiger partial charge in [-0.3, -0.25) is 0 Å². The SMILES string of the molecule is CC(C)(C)c1ccc2c(c1)B1c3cc4c(cc3N(c3cc(-c5ccccc5)cc(-c5ccccc5)c3)c3cc(C(C)(C)C)cc(c31)N2c1cc(-c2ccccc2)cc(-c2ccccc2)c1)Oc1ccccc1C4(c1ccccc1)c1ccccc1. The van der Waals surface area contributed by atoms with Crippen molar-refractivity contribution in [2.75, 3.05) is 9.80 Å². The van der Waals surface area contributed by atoms with Crippen molar-refractivity contribution < 1.29 is 4.74 Å². The first-order valence-corrected chi connectivity index (χ1v) is 29.9. The second-order valence-corrected chi connectivity index (χ2v) is 25.3. The van der Waals surface area contributed by atoms with Gasteiger partial charge in [-0.2, -0.15) is 0 Å². The van der Waals surface area contributed by atoms with Crippen LogP contribution in [0.3, 0.4) is 0 Å². The maximum atomic E-state index is 7.45. The Kier molecular flexibility index (Phi) is 12.3. The third kappa shape index (κ3) is 8.73. The fourth-order valence-electron chi connectivity index (χ4n) is 13.8. The number of ether oxygens (including phenoxy) is 1. The second-order valence-electron chi connectivity index (χ2n) is 25.3. The van der Waals surface area contributed by atoms with Gasteiger partial charge in [-0.05, 0) is 155 Å². The summed E-state index contributed by atoms with van der Waals surface area (Å²) in [5.74, 6) is 1.68. The Labute approximate surface area is 501 Å². The van der Waals surface area contributed by atoms with Crippen LogP contribution in [0.4, 0.5) is 34.1 Å². The third-order valence-electron chi connectivity index (χ3n) is 18.0. The van der Waals surface area contributed by atoms with Crippen molar-refractivity contribution in [2.45, 2.75) is 57.8 Å². The molecule has 3 heterocycles. The number of benzene rings is 12. The Hall–Kier alpha value is -9.90. The van der Waals surface area contributed by atoms with Crippen LogP contribution in [0.2, 0.25) is 0 Å². The molecule has 3 nitrogen and oxygen atoms in total. The van der Waals surface area contributed by atoms with Crippen LogP contribution in [0.1, 0.15) is 74.9 Å². The zero-order valence-electron chi connectivity index (χ0n) is 49.0. The molecule has 15 rings (SSSR count). The average Bonchev–Trinajstić information content (AvgIpc) is 0.810. The van der Waals surface area contributed by atoms with Gasteiger partial charge in [0.25, 0.3) is 6.71 Å². The average molecular weight is 1090 g/mol. The number of hydrogen-bond acceptors (Lipinski definition) is 3. The van der Waals surface area contributed by atoms with Crippen LogP contribution < -0.4 is 30.9 Å². The summed E-state index contributed by atoms with van der Waals surface area (Å²) < 4.78 is 7.45. The first-order chi connectivity index (χ1) is 41.4. The van der Waals surface area contributed by atoms with E-state index in [2.05, 4.69) is 336 Å². The highest BCUT2D eigenvalue weighted by molar-refractivity contribution is 7.00. The van der Waals surface area contributed by atoms with Crippen molar-refractivity contribution in [3.63, 3.8) is 0 Å². The second kappa shape index (κ2) is 20.2. The maximum absolute atomic E-state index is 7.45. The first-order valence-electron chi connectivity index (χ1n) is 29.9. The molecule has 0 N–H and O–H groups in total. The minimum absolute atomic E-state index is 0.148. The number of hydrogen-bond donors (Lipinski definition) is 0. The summed E-state index contributed by atoms with van der Waals surface area (Å²) in [6, 6.07) is 106. The predicted octanol–water partition coefficient (Wildman–Crippen LogP) is 19.5. The van der Waals surface area contributed by atoms with E-state index in [9.17, 15) is 0 Å². The van der Waals surface area contributed by atoms with Crippen LogP contribution in [0.5, 0.6) is 11.5 Å². The van der Waals surface area contributed by atoms with Crippen LogP contribution >= 0.6 is 0 Å². The molecule has 408 valence electrons. The summed E-state index contributed by atoms with van der Waals surface area (Å²) in [6.07, 6.45) is 0. The zero-order chi connectivity index (χ0) is 57.6. The number of anilines is 6. The first kappa shape index (κ1) is 51.9. The monoisotopic (exact) mass is 1090 g/mol. The van der Waals surface area contributed by atoms with E-state index in [1.807, 2.05) is 0 Å². The fourth-order valence-corrected chi connectivity index (χ4v) is 13.8. The van der Waals surface area contributed by atoms with E-state index in [0.717, 1.165) is 78.8 Å². The molecule has 0 aliphatic carbocycles. The third-order valence-corrected chi connectivity index (χ3v) is 18.0. The van der Waals surface area contributed by atoms with Crippen molar-refractivity contribution >= 4 is 57.2 Å². The van der Waals surface area contributed by atoms with E-state index in [1.165, 1.54) is 61.1 Å². The van der Waals surface area contributed by atoms with Gasteiger partial charge in [-0.1, -0.05) is 260 Å². The van der Waals surface area contributed by atoms with Crippen LogP contribution in [0, 0.1) is 0 Å². The summed E-state index contributed by atoms with van der Waals surface area (Å²) in [4.78, 5) is 5.21. The lowest BCUT2D eigenvalue weighted by Gasteiger charge is -2.47. The molecule has 0 unspecified atom stereocenters. The van der Waals surface area contributed by atoms with Crippen molar-refractivity contribution in [2.24, 2.45) is 0 Å². The van der Waals surface area contributed by atoms with Gasteiger partial charge < -0.3 is 14.5 Å². The van der Waals surface area contributed by atoms with Crippen molar-refractivity contribution in [3.05, 3.63) is 318 Å². The van der Waals surface area contributed by atoms with E-state index in [4.69, 9.17) is 4.74 Å². The van der Waals surface area contributed by atoms with Gasteiger partial charge in [-0.25, -0.2) is 0 Å². The lowest BCUT2D eigenvalue weighted by atomic mass is 9.33. The molecule has 85 heavy (non-hydrogen) atoms. The topological polar surface area (TPSA) is 15.7 Å². The Balaban J connectivity index is 1.11.